The van der Waals surface area contributed by atoms with Crippen molar-refractivity contribution in [3.8, 4) is 17.1 Å². The van der Waals surface area contributed by atoms with E-state index in [1.807, 2.05) is 18.2 Å². The molecule has 0 bridgehead atoms. The molecule has 128 valence electrons. The van der Waals surface area contributed by atoms with Gasteiger partial charge in [0, 0.05) is 11.6 Å². The third kappa shape index (κ3) is 3.53. The molecule has 0 spiro atoms. The molecule has 0 aliphatic heterocycles. The lowest BCUT2D eigenvalue weighted by Crippen LogP contribution is -2.23. The monoisotopic (exact) mass is 360 g/mol. The smallest absolute Gasteiger partial charge is 0.230 e. The number of thioether (sulfide) groups is 1. The van der Waals surface area contributed by atoms with Gasteiger partial charge in [0.25, 0.3) is 0 Å². The molecule has 1 amide bonds. The minimum Gasteiger partial charge on any atom is -0.369 e. The molecule has 1 heterocycles. The lowest BCUT2D eigenvalue weighted by atomic mass is 10.2. The van der Waals surface area contributed by atoms with Crippen molar-refractivity contribution in [2.75, 3.05) is 0 Å². The number of carbonyl (C=O) groups is 1. The molecule has 1 atom stereocenters. The van der Waals surface area contributed by atoms with Gasteiger partial charge in [-0.05, 0) is 19.1 Å². The van der Waals surface area contributed by atoms with Crippen LogP contribution in [0, 0.1) is 11.6 Å². The molecule has 0 aliphatic carbocycles. The Labute approximate surface area is 146 Å². The number of aromatic nitrogens is 3. The molecular weight excluding hydrogens is 346 g/mol. The van der Waals surface area contributed by atoms with Crippen LogP contribution in [0.2, 0.25) is 0 Å². The van der Waals surface area contributed by atoms with Crippen molar-refractivity contribution in [2.45, 2.75) is 17.3 Å². The first-order chi connectivity index (χ1) is 12.0. The van der Waals surface area contributed by atoms with E-state index in [0.717, 1.165) is 23.9 Å². The van der Waals surface area contributed by atoms with E-state index >= 15 is 0 Å². The second-order valence-electron chi connectivity index (χ2n) is 5.27. The fraction of sp³-hybridized carbons (Fsp3) is 0.118. The van der Waals surface area contributed by atoms with Gasteiger partial charge in [0.15, 0.2) is 11.0 Å². The Morgan fingerprint density at radius 2 is 1.88 bits per heavy atom. The van der Waals surface area contributed by atoms with E-state index < -0.39 is 22.8 Å². The summed E-state index contributed by atoms with van der Waals surface area (Å²) < 4.78 is 29.1. The van der Waals surface area contributed by atoms with Gasteiger partial charge in [-0.3, -0.25) is 9.36 Å². The first kappa shape index (κ1) is 17.1. The molecule has 0 fully saturated rings. The van der Waals surface area contributed by atoms with Crippen molar-refractivity contribution < 1.29 is 13.6 Å². The van der Waals surface area contributed by atoms with Crippen LogP contribution < -0.4 is 5.73 Å². The van der Waals surface area contributed by atoms with Crippen molar-refractivity contribution in [3.63, 3.8) is 0 Å². The molecule has 0 radical (unpaired) electrons. The highest BCUT2D eigenvalue weighted by Gasteiger charge is 2.22. The van der Waals surface area contributed by atoms with Crippen molar-refractivity contribution in [1.82, 2.24) is 14.8 Å². The molecule has 2 aromatic carbocycles. The van der Waals surface area contributed by atoms with Crippen LogP contribution in [0.15, 0.2) is 53.7 Å². The quantitative estimate of drug-likeness (QED) is 0.709. The summed E-state index contributed by atoms with van der Waals surface area (Å²) in [6, 6.07) is 12.3. The van der Waals surface area contributed by atoms with Gasteiger partial charge >= 0.3 is 0 Å². The van der Waals surface area contributed by atoms with Gasteiger partial charge in [-0.15, -0.1) is 10.2 Å². The van der Waals surface area contributed by atoms with Crippen molar-refractivity contribution >= 4 is 17.7 Å². The Morgan fingerprint density at radius 3 is 2.52 bits per heavy atom. The van der Waals surface area contributed by atoms with Gasteiger partial charge in [0.1, 0.15) is 11.6 Å². The molecular formula is C17H14F2N4OS. The molecule has 5 nitrogen and oxygen atoms in total. The summed E-state index contributed by atoms with van der Waals surface area (Å²) in [5.41, 5.74) is 6.09. The lowest BCUT2D eigenvalue weighted by Gasteiger charge is -2.12. The number of hydrogen-bond acceptors (Lipinski definition) is 4. The van der Waals surface area contributed by atoms with Gasteiger partial charge in [0.05, 0.1) is 10.9 Å². The van der Waals surface area contributed by atoms with E-state index in [2.05, 4.69) is 10.2 Å². The highest BCUT2D eigenvalue weighted by atomic mass is 32.2. The molecule has 3 rings (SSSR count). The SMILES string of the molecule is C[C@H](Sc1nnc(-c2ccccc2)n1-c1ccc(F)cc1F)C(N)=O. The van der Waals surface area contributed by atoms with Crippen molar-refractivity contribution in [1.29, 1.82) is 0 Å². The first-order valence-corrected chi connectivity index (χ1v) is 8.27. The number of hydrogen-bond donors (Lipinski definition) is 1. The topological polar surface area (TPSA) is 73.8 Å². The maximum atomic E-state index is 14.4. The van der Waals surface area contributed by atoms with Crippen LogP contribution in [0.5, 0.6) is 0 Å². The fourth-order valence-electron chi connectivity index (χ4n) is 2.22. The summed E-state index contributed by atoms with van der Waals surface area (Å²) in [6.45, 7) is 1.62. The largest absolute Gasteiger partial charge is 0.369 e. The summed E-state index contributed by atoms with van der Waals surface area (Å²) in [5.74, 6) is -1.59. The summed E-state index contributed by atoms with van der Waals surface area (Å²) in [7, 11) is 0. The summed E-state index contributed by atoms with van der Waals surface area (Å²) in [6.07, 6.45) is 0. The van der Waals surface area contributed by atoms with Gasteiger partial charge in [0.2, 0.25) is 5.91 Å². The molecule has 25 heavy (non-hydrogen) atoms. The van der Waals surface area contributed by atoms with E-state index in [0.29, 0.717) is 11.4 Å². The van der Waals surface area contributed by atoms with Crippen LogP contribution in [0.25, 0.3) is 17.1 Å². The van der Waals surface area contributed by atoms with E-state index in [1.54, 1.807) is 19.1 Å². The first-order valence-electron chi connectivity index (χ1n) is 7.39. The van der Waals surface area contributed by atoms with Gasteiger partial charge in [-0.1, -0.05) is 42.1 Å². The van der Waals surface area contributed by atoms with Crippen LogP contribution in [-0.2, 0) is 4.79 Å². The Kier molecular flexibility index (Phi) is 4.80. The molecule has 0 saturated heterocycles. The van der Waals surface area contributed by atoms with Crippen LogP contribution in [-0.4, -0.2) is 25.9 Å². The second-order valence-corrected chi connectivity index (χ2v) is 6.57. The maximum absolute atomic E-state index is 14.4. The lowest BCUT2D eigenvalue weighted by molar-refractivity contribution is -0.117. The van der Waals surface area contributed by atoms with Crippen molar-refractivity contribution in [3.05, 3.63) is 60.2 Å². The van der Waals surface area contributed by atoms with Gasteiger partial charge in [-0.2, -0.15) is 0 Å². The van der Waals surface area contributed by atoms with Crippen LogP contribution >= 0.6 is 11.8 Å². The number of carbonyl (C=O) groups excluding carboxylic acids is 1. The van der Waals surface area contributed by atoms with Crippen LogP contribution in [0.4, 0.5) is 8.78 Å². The standard InChI is InChI=1S/C17H14F2N4OS/c1-10(15(20)24)25-17-22-21-16(11-5-3-2-4-6-11)23(17)14-8-7-12(18)9-13(14)19/h2-10H,1H3,(H2,20,24)/t10-/m0/s1. The molecule has 2 N–H and O–H groups in total. The molecule has 1 aromatic heterocycles. The zero-order valence-electron chi connectivity index (χ0n) is 13.2. The highest BCUT2D eigenvalue weighted by molar-refractivity contribution is 8.00. The Balaban J connectivity index is 2.17. The predicted molar refractivity (Wildman–Crippen MR) is 91.2 cm³/mol. The average Bonchev–Trinajstić information content (AvgIpc) is 2.99. The molecule has 3 aromatic rings. The molecule has 0 aliphatic rings. The zero-order chi connectivity index (χ0) is 18.0. The molecule has 0 unspecified atom stereocenters. The number of nitrogens with zero attached hydrogens (tertiary/aromatic N) is 3. The van der Waals surface area contributed by atoms with E-state index in [1.165, 1.54) is 10.6 Å². The second kappa shape index (κ2) is 7.02. The average molecular weight is 360 g/mol. The predicted octanol–water partition coefficient (Wildman–Crippen LogP) is 3.18. The van der Waals surface area contributed by atoms with Gasteiger partial charge in [-0.25, -0.2) is 8.78 Å². The van der Waals surface area contributed by atoms with Crippen molar-refractivity contribution in [2.24, 2.45) is 5.73 Å². The summed E-state index contributed by atoms with van der Waals surface area (Å²) >= 11 is 1.06. The highest BCUT2D eigenvalue weighted by Crippen LogP contribution is 2.31. The van der Waals surface area contributed by atoms with E-state index in [4.69, 9.17) is 5.73 Å². The number of halogens is 2. The molecule has 0 saturated carbocycles. The summed E-state index contributed by atoms with van der Waals surface area (Å²) in [4.78, 5) is 11.4. The normalized spacial score (nSPS) is 12.1. The zero-order valence-corrected chi connectivity index (χ0v) is 14.0. The Hall–Kier alpha value is -2.74. The third-order valence-electron chi connectivity index (χ3n) is 3.50. The number of primary amides is 1. The van der Waals surface area contributed by atoms with Crippen LogP contribution in [0.3, 0.4) is 0 Å². The van der Waals surface area contributed by atoms with Gasteiger partial charge < -0.3 is 5.73 Å². The van der Waals surface area contributed by atoms with E-state index in [9.17, 15) is 13.6 Å². The summed E-state index contributed by atoms with van der Waals surface area (Å²) in [5, 5.41) is 7.88. The van der Waals surface area contributed by atoms with Crippen LogP contribution in [0.1, 0.15) is 6.92 Å². The number of rotatable bonds is 5. The Bertz CT molecular complexity index is 914. The Morgan fingerprint density at radius 1 is 1.16 bits per heavy atom. The van der Waals surface area contributed by atoms with E-state index in [-0.39, 0.29) is 10.8 Å². The minimum atomic E-state index is -0.759. The number of benzene rings is 2. The third-order valence-corrected chi connectivity index (χ3v) is 4.56. The maximum Gasteiger partial charge on any atom is 0.230 e. The molecule has 8 heteroatoms. The number of amides is 1. The fourth-order valence-corrected chi connectivity index (χ4v) is 3.03. The number of nitrogens with two attached hydrogens (primary N) is 1. The minimum absolute atomic E-state index is 0.0874.